The molecule has 1 aromatic carbocycles. The number of aromatic nitrogens is 1. The van der Waals surface area contributed by atoms with Gasteiger partial charge in [-0.15, -0.1) is 0 Å². The largest absolute Gasteiger partial charge is 0.382 e. The molecule has 7 heteroatoms. The summed E-state index contributed by atoms with van der Waals surface area (Å²) in [7, 11) is 1.94. The molecule has 21 heavy (non-hydrogen) atoms. The first kappa shape index (κ1) is 15.8. The van der Waals surface area contributed by atoms with Crippen LogP contribution in [0.25, 0.3) is 0 Å². The first-order chi connectivity index (χ1) is 10.0. The number of anilines is 3. The van der Waals surface area contributed by atoms with Crippen LogP contribution in [0.2, 0.25) is 0 Å². The number of hydrogen-bond donors (Lipinski definition) is 2. The van der Waals surface area contributed by atoms with Crippen LogP contribution in [0, 0.1) is 0 Å². The number of nitrogens with zero attached hydrogens (tertiary/aromatic N) is 2. The number of rotatable bonds is 5. The Morgan fingerprint density at radius 1 is 1.43 bits per heavy atom. The molecule has 5 nitrogen and oxygen atoms in total. The zero-order chi connectivity index (χ0) is 15.4. The predicted octanol–water partition coefficient (Wildman–Crippen LogP) is 3.59. The minimum atomic E-state index is -0.233. The molecule has 0 unspecified atom stereocenters. The molecule has 2 aromatic rings. The van der Waals surface area contributed by atoms with Gasteiger partial charge in [-0.3, -0.25) is 4.79 Å². The van der Waals surface area contributed by atoms with E-state index >= 15 is 0 Å². The molecule has 2 rings (SSSR count). The van der Waals surface area contributed by atoms with Crippen LogP contribution in [0.3, 0.4) is 0 Å². The van der Waals surface area contributed by atoms with Gasteiger partial charge in [0.25, 0.3) is 5.91 Å². The molecule has 0 saturated carbocycles. The molecule has 1 heterocycles. The lowest BCUT2D eigenvalue weighted by Gasteiger charge is -2.13. The summed E-state index contributed by atoms with van der Waals surface area (Å²) in [5.74, 6) is 0.0380. The van der Waals surface area contributed by atoms with Crippen molar-refractivity contribution in [3.05, 3.63) is 33.6 Å². The number of hydrogen-bond acceptors (Lipinski definition) is 5. The van der Waals surface area contributed by atoms with Crippen molar-refractivity contribution in [2.75, 3.05) is 29.5 Å². The number of nitrogens with one attached hydrogen (secondary N) is 1. The van der Waals surface area contributed by atoms with Crippen molar-refractivity contribution in [3.8, 4) is 0 Å². The third-order valence-corrected chi connectivity index (χ3v) is 4.55. The van der Waals surface area contributed by atoms with E-state index in [-0.39, 0.29) is 11.7 Å². The lowest BCUT2D eigenvalue weighted by Crippen LogP contribution is -2.17. The number of amides is 1. The summed E-state index contributed by atoms with van der Waals surface area (Å²) in [6.45, 7) is 2.97. The minimum Gasteiger partial charge on any atom is -0.382 e. The van der Waals surface area contributed by atoms with Gasteiger partial charge >= 0.3 is 0 Å². The molecule has 0 radical (unpaired) electrons. The smallest absolute Gasteiger partial charge is 0.269 e. The van der Waals surface area contributed by atoms with Crippen molar-refractivity contribution in [1.29, 1.82) is 0 Å². The van der Waals surface area contributed by atoms with Crippen molar-refractivity contribution < 1.29 is 4.79 Å². The Bertz CT molecular complexity index is 626. The van der Waals surface area contributed by atoms with Gasteiger partial charge in [-0.25, -0.2) is 4.98 Å². The van der Waals surface area contributed by atoms with Gasteiger partial charge in [0.05, 0.1) is 0 Å². The average molecular weight is 369 g/mol. The molecule has 0 aliphatic heterocycles. The second-order valence-electron chi connectivity index (χ2n) is 4.59. The summed E-state index contributed by atoms with van der Waals surface area (Å²) < 4.78 is 0.960. The van der Waals surface area contributed by atoms with Crippen LogP contribution in [-0.2, 0) is 0 Å². The van der Waals surface area contributed by atoms with E-state index in [4.69, 9.17) is 5.73 Å². The summed E-state index contributed by atoms with van der Waals surface area (Å²) in [6.07, 6.45) is 1.01. The molecule has 3 N–H and O–H groups in total. The molecule has 0 atom stereocenters. The van der Waals surface area contributed by atoms with Crippen LogP contribution in [0.15, 0.2) is 28.7 Å². The van der Waals surface area contributed by atoms with Crippen molar-refractivity contribution >= 4 is 49.8 Å². The quantitative estimate of drug-likeness (QED) is 0.845. The zero-order valence-corrected chi connectivity index (χ0v) is 14.3. The highest BCUT2D eigenvalue weighted by molar-refractivity contribution is 9.10. The zero-order valence-electron chi connectivity index (χ0n) is 11.9. The number of thiazole rings is 1. The Morgan fingerprint density at radius 2 is 2.10 bits per heavy atom. The van der Waals surface area contributed by atoms with E-state index < -0.39 is 0 Å². The monoisotopic (exact) mass is 368 g/mol. The van der Waals surface area contributed by atoms with E-state index in [0.29, 0.717) is 4.88 Å². The number of carbonyl (C=O) groups excluding carboxylic acids is 1. The van der Waals surface area contributed by atoms with Crippen LogP contribution in [0.1, 0.15) is 23.0 Å². The van der Waals surface area contributed by atoms with Crippen molar-refractivity contribution in [2.45, 2.75) is 13.3 Å². The highest BCUT2D eigenvalue weighted by atomic mass is 79.9. The van der Waals surface area contributed by atoms with E-state index in [2.05, 4.69) is 33.2 Å². The maximum atomic E-state index is 12.3. The normalized spacial score (nSPS) is 10.4. The molecular formula is C14H17BrN4OS. The number of nitrogens with two attached hydrogens (primary N) is 1. The van der Waals surface area contributed by atoms with E-state index in [1.54, 1.807) is 0 Å². The van der Waals surface area contributed by atoms with Crippen molar-refractivity contribution in [1.82, 2.24) is 4.98 Å². The molecule has 0 fully saturated rings. The van der Waals surface area contributed by atoms with Crippen LogP contribution < -0.4 is 16.0 Å². The Hall–Kier alpha value is -1.60. The molecule has 1 aromatic heterocycles. The molecule has 1 amide bonds. The third kappa shape index (κ3) is 3.95. The maximum Gasteiger partial charge on any atom is 0.269 e. The average Bonchev–Trinajstić information content (AvgIpc) is 2.84. The third-order valence-electron chi connectivity index (χ3n) is 2.84. The Kier molecular flexibility index (Phi) is 5.19. The molecular weight excluding hydrogens is 352 g/mol. The standard InChI is InChI=1S/C14H17BrN4OS/c1-3-8-19(2)14-18-12(16)11(21-14)13(20)17-10-6-4-9(15)5-7-10/h4-7H,3,8,16H2,1-2H3,(H,17,20). The summed E-state index contributed by atoms with van der Waals surface area (Å²) in [4.78, 5) is 19.0. The van der Waals surface area contributed by atoms with Gasteiger partial charge in [-0.2, -0.15) is 0 Å². The second-order valence-corrected chi connectivity index (χ2v) is 6.49. The Morgan fingerprint density at radius 3 is 2.71 bits per heavy atom. The Labute approximate surface area is 136 Å². The van der Waals surface area contributed by atoms with Gasteiger partial charge in [-0.05, 0) is 30.7 Å². The fourth-order valence-corrected chi connectivity index (χ4v) is 2.93. The van der Waals surface area contributed by atoms with Crippen molar-refractivity contribution in [2.24, 2.45) is 0 Å². The minimum absolute atomic E-state index is 0.233. The summed E-state index contributed by atoms with van der Waals surface area (Å²) in [5, 5.41) is 3.58. The van der Waals surface area contributed by atoms with Gasteiger partial charge in [0, 0.05) is 23.8 Å². The molecule has 0 saturated heterocycles. The number of halogens is 1. The maximum absolute atomic E-state index is 12.3. The molecule has 0 bridgehead atoms. The van der Waals surface area contributed by atoms with Crippen LogP contribution in [0.4, 0.5) is 16.6 Å². The highest BCUT2D eigenvalue weighted by Crippen LogP contribution is 2.28. The van der Waals surface area contributed by atoms with Crippen LogP contribution in [-0.4, -0.2) is 24.5 Å². The molecule has 0 aliphatic carbocycles. The summed E-state index contributed by atoms with van der Waals surface area (Å²) in [5.41, 5.74) is 6.58. The first-order valence-corrected chi connectivity index (χ1v) is 8.16. The molecule has 112 valence electrons. The second kappa shape index (κ2) is 6.91. The van der Waals surface area contributed by atoms with Crippen LogP contribution in [0.5, 0.6) is 0 Å². The van der Waals surface area contributed by atoms with Gasteiger partial charge < -0.3 is 16.0 Å². The fourth-order valence-electron chi connectivity index (χ4n) is 1.80. The molecule has 0 spiro atoms. The van der Waals surface area contributed by atoms with E-state index in [9.17, 15) is 4.79 Å². The van der Waals surface area contributed by atoms with Gasteiger partial charge in [0.2, 0.25) is 0 Å². The van der Waals surface area contributed by atoms with Crippen molar-refractivity contribution in [3.63, 3.8) is 0 Å². The van der Waals surface area contributed by atoms with Gasteiger partial charge in [-0.1, -0.05) is 34.2 Å². The van der Waals surface area contributed by atoms with E-state index in [1.165, 1.54) is 11.3 Å². The number of nitrogen functional groups attached to an aromatic ring is 1. The van der Waals surface area contributed by atoms with Gasteiger partial charge in [0.1, 0.15) is 10.7 Å². The number of carbonyl (C=O) groups is 1. The fraction of sp³-hybridized carbons (Fsp3) is 0.286. The Balaban J connectivity index is 2.14. The number of benzene rings is 1. The van der Waals surface area contributed by atoms with Crippen LogP contribution >= 0.6 is 27.3 Å². The lowest BCUT2D eigenvalue weighted by atomic mass is 10.3. The van der Waals surface area contributed by atoms with Gasteiger partial charge in [0.15, 0.2) is 5.13 Å². The topological polar surface area (TPSA) is 71.2 Å². The molecule has 0 aliphatic rings. The predicted molar refractivity (Wildman–Crippen MR) is 92.2 cm³/mol. The summed E-state index contributed by atoms with van der Waals surface area (Å²) >= 11 is 4.66. The summed E-state index contributed by atoms with van der Waals surface area (Å²) in [6, 6.07) is 7.38. The first-order valence-electron chi connectivity index (χ1n) is 6.55. The lowest BCUT2D eigenvalue weighted by molar-refractivity contribution is 0.103. The highest BCUT2D eigenvalue weighted by Gasteiger charge is 2.18. The SMILES string of the molecule is CCCN(C)c1nc(N)c(C(=O)Nc2ccc(Br)cc2)s1. The van der Waals surface area contributed by atoms with E-state index in [0.717, 1.165) is 28.3 Å². The van der Waals surface area contributed by atoms with E-state index in [1.807, 2.05) is 36.2 Å².